The Hall–Kier alpha value is -1.17. The lowest BCUT2D eigenvalue weighted by molar-refractivity contribution is 0.316. The third-order valence-corrected chi connectivity index (χ3v) is 4.54. The molecule has 2 aromatic rings. The Morgan fingerprint density at radius 2 is 2.29 bits per heavy atom. The third kappa shape index (κ3) is 3.36. The fraction of sp³-hybridized carbons (Fsp3) is 0.438. The Labute approximate surface area is 132 Å². The third-order valence-electron chi connectivity index (χ3n) is 4.05. The second kappa shape index (κ2) is 6.30. The number of likely N-dealkylation sites (tertiary alicyclic amines) is 1. The van der Waals surface area contributed by atoms with Crippen molar-refractivity contribution in [3.63, 3.8) is 0 Å². The number of nitrogens with one attached hydrogen (secondary N) is 1. The zero-order valence-corrected chi connectivity index (χ0v) is 13.6. The van der Waals surface area contributed by atoms with Gasteiger partial charge in [0.15, 0.2) is 0 Å². The van der Waals surface area contributed by atoms with Crippen LogP contribution in [0, 0.1) is 5.92 Å². The molecule has 0 amide bonds. The molecule has 1 aliphatic heterocycles. The lowest BCUT2D eigenvalue weighted by Gasteiger charge is -2.17. The maximum absolute atomic E-state index is 11.7. The van der Waals surface area contributed by atoms with E-state index in [1.54, 1.807) is 6.07 Å². The van der Waals surface area contributed by atoms with Crippen molar-refractivity contribution < 1.29 is 4.42 Å². The van der Waals surface area contributed by atoms with E-state index in [4.69, 9.17) is 4.42 Å². The highest BCUT2D eigenvalue weighted by Gasteiger charge is 2.22. The molecule has 0 bridgehead atoms. The number of hydrogen-bond donors (Lipinski definition) is 1. The van der Waals surface area contributed by atoms with Crippen LogP contribution < -0.4 is 10.9 Å². The summed E-state index contributed by atoms with van der Waals surface area (Å²) < 4.78 is 6.22. The molecule has 2 heterocycles. The maximum atomic E-state index is 11.7. The highest BCUT2D eigenvalue weighted by molar-refractivity contribution is 9.10. The predicted octanol–water partition coefficient (Wildman–Crippen LogP) is 2.60. The molecule has 1 aromatic heterocycles. The minimum absolute atomic E-state index is 0.276. The smallest absolute Gasteiger partial charge is 0.336 e. The van der Waals surface area contributed by atoms with E-state index in [0.29, 0.717) is 11.5 Å². The van der Waals surface area contributed by atoms with Crippen LogP contribution in [0.5, 0.6) is 0 Å². The fourth-order valence-electron chi connectivity index (χ4n) is 3.09. The number of nitrogens with zero attached hydrogens (tertiary/aromatic N) is 1. The molecule has 1 atom stereocenters. The summed E-state index contributed by atoms with van der Waals surface area (Å²) in [5.41, 5.74) is 1.43. The average Bonchev–Trinajstić information content (AvgIpc) is 2.85. The zero-order chi connectivity index (χ0) is 14.8. The van der Waals surface area contributed by atoms with Crippen LogP contribution >= 0.6 is 15.9 Å². The largest absolute Gasteiger partial charge is 0.423 e. The number of hydrogen-bond acceptors (Lipinski definition) is 4. The van der Waals surface area contributed by atoms with Gasteiger partial charge >= 0.3 is 5.63 Å². The summed E-state index contributed by atoms with van der Waals surface area (Å²) >= 11 is 3.42. The van der Waals surface area contributed by atoms with Crippen LogP contribution in [0.3, 0.4) is 0 Å². The van der Waals surface area contributed by atoms with E-state index in [9.17, 15) is 4.79 Å². The van der Waals surface area contributed by atoms with Gasteiger partial charge in [0.1, 0.15) is 5.58 Å². The number of halogens is 1. The molecule has 5 heteroatoms. The van der Waals surface area contributed by atoms with Crippen molar-refractivity contribution in [2.24, 2.45) is 5.92 Å². The summed E-state index contributed by atoms with van der Waals surface area (Å²) in [7, 11) is 2.00. The van der Waals surface area contributed by atoms with Crippen molar-refractivity contribution >= 4 is 26.9 Å². The van der Waals surface area contributed by atoms with E-state index in [0.717, 1.165) is 41.6 Å². The Morgan fingerprint density at radius 1 is 1.43 bits per heavy atom. The lowest BCUT2D eigenvalue weighted by Crippen LogP contribution is -2.24. The molecule has 0 saturated carbocycles. The lowest BCUT2D eigenvalue weighted by atomic mass is 10.1. The van der Waals surface area contributed by atoms with Gasteiger partial charge in [0.2, 0.25) is 0 Å². The number of rotatable bonds is 4. The predicted molar refractivity (Wildman–Crippen MR) is 87.5 cm³/mol. The summed E-state index contributed by atoms with van der Waals surface area (Å²) in [4.78, 5) is 14.2. The van der Waals surface area contributed by atoms with Crippen LogP contribution in [0.1, 0.15) is 12.0 Å². The maximum Gasteiger partial charge on any atom is 0.336 e. The van der Waals surface area contributed by atoms with E-state index in [1.165, 1.54) is 6.42 Å². The molecular weight excluding hydrogens is 332 g/mol. The summed E-state index contributed by atoms with van der Waals surface area (Å²) in [6, 6.07) is 7.48. The minimum Gasteiger partial charge on any atom is -0.423 e. The Kier molecular flexibility index (Phi) is 4.42. The van der Waals surface area contributed by atoms with Gasteiger partial charge < -0.3 is 9.73 Å². The first-order chi connectivity index (χ1) is 10.2. The summed E-state index contributed by atoms with van der Waals surface area (Å²) in [5.74, 6) is 0.704. The normalized spacial score (nSPS) is 19.4. The topological polar surface area (TPSA) is 45.5 Å². The van der Waals surface area contributed by atoms with Gasteiger partial charge in [-0.3, -0.25) is 4.90 Å². The molecule has 3 rings (SSSR count). The van der Waals surface area contributed by atoms with Gasteiger partial charge in [0, 0.05) is 29.0 Å². The van der Waals surface area contributed by atoms with Crippen molar-refractivity contribution in [1.82, 2.24) is 10.2 Å². The van der Waals surface area contributed by atoms with Gasteiger partial charge in [-0.05, 0) is 56.2 Å². The molecule has 1 fully saturated rings. The number of benzene rings is 1. The van der Waals surface area contributed by atoms with Crippen molar-refractivity contribution in [1.29, 1.82) is 0 Å². The van der Waals surface area contributed by atoms with E-state index in [1.807, 2.05) is 25.2 Å². The molecule has 1 unspecified atom stereocenters. The molecule has 21 heavy (non-hydrogen) atoms. The molecule has 1 aliphatic rings. The monoisotopic (exact) mass is 350 g/mol. The van der Waals surface area contributed by atoms with Crippen molar-refractivity contribution in [3.05, 3.63) is 44.7 Å². The van der Waals surface area contributed by atoms with Crippen molar-refractivity contribution in [3.8, 4) is 0 Å². The van der Waals surface area contributed by atoms with Gasteiger partial charge in [0.25, 0.3) is 0 Å². The SMILES string of the molecule is CNCC1CCN(Cc2cc(=O)oc3cc(Br)ccc23)C1. The van der Waals surface area contributed by atoms with Crippen LogP contribution in [-0.4, -0.2) is 31.6 Å². The standard InChI is InChI=1S/C16H19BrN2O2/c1-18-8-11-4-5-19(9-11)10-12-6-16(20)21-15-7-13(17)2-3-14(12)15/h2-3,6-7,11,18H,4-5,8-10H2,1H3. The molecule has 0 radical (unpaired) electrons. The molecular formula is C16H19BrN2O2. The molecule has 4 nitrogen and oxygen atoms in total. The molecule has 1 saturated heterocycles. The average molecular weight is 351 g/mol. The van der Waals surface area contributed by atoms with Gasteiger partial charge in [0.05, 0.1) is 0 Å². The summed E-state index contributed by atoms with van der Waals surface area (Å²) in [6.45, 7) is 4.04. The first kappa shape index (κ1) is 14.8. The van der Waals surface area contributed by atoms with E-state index >= 15 is 0 Å². The quantitative estimate of drug-likeness (QED) is 0.861. The summed E-state index contributed by atoms with van der Waals surface area (Å²) in [6.07, 6.45) is 1.21. The highest BCUT2D eigenvalue weighted by Crippen LogP contribution is 2.24. The Morgan fingerprint density at radius 3 is 3.10 bits per heavy atom. The fourth-order valence-corrected chi connectivity index (χ4v) is 3.43. The highest BCUT2D eigenvalue weighted by atomic mass is 79.9. The van der Waals surface area contributed by atoms with Gasteiger partial charge in [-0.1, -0.05) is 15.9 Å². The molecule has 0 aliphatic carbocycles. The Balaban J connectivity index is 1.85. The second-order valence-electron chi connectivity index (χ2n) is 5.68. The first-order valence-electron chi connectivity index (χ1n) is 7.25. The molecule has 1 N–H and O–H groups in total. The van der Waals surface area contributed by atoms with E-state index in [2.05, 4.69) is 26.1 Å². The van der Waals surface area contributed by atoms with Crippen LogP contribution in [-0.2, 0) is 6.54 Å². The van der Waals surface area contributed by atoms with Crippen LogP contribution in [0.2, 0.25) is 0 Å². The van der Waals surface area contributed by atoms with Crippen molar-refractivity contribution in [2.45, 2.75) is 13.0 Å². The zero-order valence-electron chi connectivity index (χ0n) is 12.1. The Bertz CT molecular complexity index is 698. The first-order valence-corrected chi connectivity index (χ1v) is 8.04. The van der Waals surface area contributed by atoms with Crippen LogP contribution in [0.4, 0.5) is 0 Å². The molecule has 0 spiro atoms. The van der Waals surface area contributed by atoms with Crippen LogP contribution in [0.25, 0.3) is 11.0 Å². The molecule has 1 aromatic carbocycles. The second-order valence-corrected chi connectivity index (χ2v) is 6.59. The minimum atomic E-state index is -0.276. The molecule has 112 valence electrons. The summed E-state index contributed by atoms with van der Waals surface area (Å²) in [5, 5.41) is 4.27. The van der Waals surface area contributed by atoms with Gasteiger partial charge in [-0.25, -0.2) is 4.79 Å². The van der Waals surface area contributed by atoms with Crippen LogP contribution in [0.15, 0.2) is 37.9 Å². The van der Waals surface area contributed by atoms with Gasteiger partial charge in [-0.15, -0.1) is 0 Å². The van der Waals surface area contributed by atoms with E-state index in [-0.39, 0.29) is 5.63 Å². The van der Waals surface area contributed by atoms with E-state index < -0.39 is 0 Å². The number of fused-ring (bicyclic) bond motifs is 1. The van der Waals surface area contributed by atoms with Gasteiger partial charge in [-0.2, -0.15) is 0 Å². The van der Waals surface area contributed by atoms with Crippen molar-refractivity contribution in [2.75, 3.05) is 26.7 Å².